The Morgan fingerprint density at radius 3 is 2.67 bits per heavy atom. The fourth-order valence-electron chi connectivity index (χ4n) is 2.10. The summed E-state index contributed by atoms with van der Waals surface area (Å²) in [6, 6.07) is 19.4. The number of fused-ring (bicyclic) bond motifs is 1. The van der Waals surface area contributed by atoms with Gasteiger partial charge < -0.3 is 4.42 Å². The molecule has 1 heterocycles. The Morgan fingerprint density at radius 1 is 1.00 bits per heavy atom. The largest absolute Gasteiger partial charge is 0.428 e. The first kappa shape index (κ1) is 13.0. The molecule has 3 aromatic rings. The van der Waals surface area contributed by atoms with Gasteiger partial charge in [0, 0.05) is 11.5 Å². The molecule has 0 atom stereocenters. The molecule has 0 spiro atoms. The molecule has 0 saturated heterocycles. The van der Waals surface area contributed by atoms with Gasteiger partial charge in [0.25, 0.3) is 0 Å². The molecule has 0 aliphatic carbocycles. The molecule has 3 rings (SSSR count). The lowest BCUT2D eigenvalue weighted by Crippen LogP contribution is -1.95. The summed E-state index contributed by atoms with van der Waals surface area (Å²) in [5, 5.41) is 2.14. The lowest BCUT2D eigenvalue weighted by molar-refractivity contribution is 0.481. The molecule has 0 amide bonds. The predicted molar refractivity (Wildman–Crippen MR) is 82.8 cm³/mol. The molecule has 2 aromatic carbocycles. The van der Waals surface area contributed by atoms with Crippen molar-refractivity contribution in [2.45, 2.75) is 6.92 Å². The second kappa shape index (κ2) is 5.57. The number of aryl methyl sites for hydroxylation is 1. The summed E-state index contributed by atoms with van der Waals surface area (Å²) >= 11 is 0. The van der Waals surface area contributed by atoms with Crippen LogP contribution >= 0.6 is 0 Å². The second-order valence-electron chi connectivity index (χ2n) is 4.57. The first-order chi connectivity index (χ1) is 10.2. The lowest BCUT2D eigenvalue weighted by Gasteiger charge is -1.98. The van der Waals surface area contributed by atoms with E-state index in [1.807, 2.05) is 42.5 Å². The highest BCUT2D eigenvalue weighted by molar-refractivity contribution is 5.93. The third kappa shape index (κ3) is 2.96. The summed E-state index contributed by atoms with van der Waals surface area (Å²) in [5.41, 5.74) is 0.838. The van der Waals surface area contributed by atoms with Gasteiger partial charge in [-0.1, -0.05) is 36.4 Å². The Labute approximate surface area is 121 Å². The van der Waals surface area contributed by atoms with Crippen LogP contribution < -0.4 is 5.63 Å². The Balaban J connectivity index is 2.01. The summed E-state index contributed by atoms with van der Waals surface area (Å²) in [4.78, 5) is 19.5. The minimum atomic E-state index is -0.430. The van der Waals surface area contributed by atoms with E-state index in [1.54, 1.807) is 13.0 Å². The number of nitrogens with zero attached hydrogens (tertiary/aromatic N) is 2. The van der Waals surface area contributed by atoms with Crippen molar-refractivity contribution in [2.75, 3.05) is 0 Å². The highest BCUT2D eigenvalue weighted by Gasteiger charge is 1.97. The van der Waals surface area contributed by atoms with Gasteiger partial charge in [0.05, 0.1) is 17.4 Å². The van der Waals surface area contributed by atoms with Gasteiger partial charge >= 0.3 is 5.63 Å². The van der Waals surface area contributed by atoms with Gasteiger partial charge in [-0.25, -0.2) is 4.79 Å². The molecule has 4 nitrogen and oxygen atoms in total. The summed E-state index contributed by atoms with van der Waals surface area (Å²) in [6.07, 6.45) is 0. The number of aliphatic imine (C=N–C) groups is 2. The molecule has 4 heteroatoms. The van der Waals surface area contributed by atoms with Crippen molar-refractivity contribution in [2.24, 2.45) is 9.98 Å². The van der Waals surface area contributed by atoms with Crippen LogP contribution in [0.15, 0.2) is 73.8 Å². The Kier molecular flexibility index (Phi) is 3.46. The molecular weight excluding hydrogens is 264 g/mol. The van der Waals surface area contributed by atoms with Crippen LogP contribution in [0.4, 0.5) is 11.4 Å². The summed E-state index contributed by atoms with van der Waals surface area (Å²) < 4.78 is 4.87. The molecule has 0 unspecified atom stereocenters. The zero-order valence-electron chi connectivity index (χ0n) is 11.4. The molecule has 0 aliphatic heterocycles. The second-order valence-corrected chi connectivity index (χ2v) is 4.57. The monoisotopic (exact) mass is 276 g/mol. The highest BCUT2D eigenvalue weighted by Crippen LogP contribution is 2.25. The maximum atomic E-state index is 11.2. The van der Waals surface area contributed by atoms with E-state index in [9.17, 15) is 4.79 Å². The van der Waals surface area contributed by atoms with Gasteiger partial charge in [0.1, 0.15) is 11.8 Å². The lowest BCUT2D eigenvalue weighted by atomic mass is 10.1. The van der Waals surface area contributed by atoms with Crippen LogP contribution in [-0.2, 0) is 0 Å². The van der Waals surface area contributed by atoms with E-state index >= 15 is 0 Å². The number of hydrogen-bond donors (Lipinski definition) is 0. The van der Waals surface area contributed by atoms with E-state index < -0.39 is 5.63 Å². The molecule has 0 radical (unpaired) electrons. The Bertz CT molecular complexity index is 914. The van der Waals surface area contributed by atoms with Crippen molar-refractivity contribution in [3.8, 4) is 0 Å². The Hall–Kier alpha value is -2.97. The average Bonchev–Trinajstić information content (AvgIpc) is 2.46. The van der Waals surface area contributed by atoms with E-state index in [4.69, 9.17) is 4.42 Å². The van der Waals surface area contributed by atoms with Crippen molar-refractivity contribution in [3.63, 3.8) is 0 Å². The summed E-state index contributed by atoms with van der Waals surface area (Å²) in [6.45, 7) is 1.70. The van der Waals surface area contributed by atoms with Gasteiger partial charge in [0.15, 0.2) is 0 Å². The normalized spacial score (nSPS) is 10.1. The summed E-state index contributed by atoms with van der Waals surface area (Å²) in [5.74, 6) is 0.508. The van der Waals surface area contributed by atoms with Gasteiger partial charge in [-0.2, -0.15) is 9.98 Å². The van der Waals surface area contributed by atoms with Crippen molar-refractivity contribution in [1.29, 1.82) is 0 Å². The molecule has 1 aromatic heterocycles. The number of hydrogen-bond acceptors (Lipinski definition) is 4. The topological polar surface area (TPSA) is 54.9 Å². The van der Waals surface area contributed by atoms with Crippen molar-refractivity contribution in [1.82, 2.24) is 0 Å². The molecule has 0 aliphatic rings. The zero-order chi connectivity index (χ0) is 14.7. The van der Waals surface area contributed by atoms with Crippen molar-refractivity contribution >= 4 is 28.2 Å². The maximum Gasteiger partial charge on any atom is 0.338 e. The molecule has 21 heavy (non-hydrogen) atoms. The van der Waals surface area contributed by atoms with E-state index in [0.717, 1.165) is 16.5 Å². The van der Waals surface area contributed by atoms with Gasteiger partial charge in [-0.3, -0.25) is 0 Å². The van der Waals surface area contributed by atoms with Crippen LogP contribution in [0.25, 0.3) is 10.8 Å². The average molecular weight is 276 g/mol. The minimum Gasteiger partial charge on any atom is -0.428 e. The third-order valence-corrected chi connectivity index (χ3v) is 2.99. The molecule has 0 fully saturated rings. The molecule has 0 bridgehead atoms. The fraction of sp³-hybridized carbons (Fsp3) is 0.0588. The van der Waals surface area contributed by atoms with Crippen LogP contribution in [0.1, 0.15) is 5.76 Å². The quantitative estimate of drug-likeness (QED) is 0.657. The number of rotatable bonds is 2. The third-order valence-electron chi connectivity index (χ3n) is 2.99. The van der Waals surface area contributed by atoms with Gasteiger partial charge in [-0.15, -0.1) is 0 Å². The van der Waals surface area contributed by atoms with Gasteiger partial charge in [0.2, 0.25) is 0 Å². The first-order valence-electron chi connectivity index (χ1n) is 6.48. The smallest absolute Gasteiger partial charge is 0.338 e. The molecular formula is C17H12N2O2. The number of benzene rings is 2. The van der Waals surface area contributed by atoms with Crippen LogP contribution in [-0.4, -0.2) is 6.01 Å². The summed E-state index contributed by atoms with van der Waals surface area (Å²) in [7, 11) is 0. The van der Waals surface area contributed by atoms with E-state index in [-0.39, 0.29) is 0 Å². The Morgan fingerprint density at radius 2 is 1.81 bits per heavy atom. The van der Waals surface area contributed by atoms with Gasteiger partial charge in [-0.05, 0) is 18.4 Å². The van der Waals surface area contributed by atoms with Crippen molar-refractivity contribution in [3.05, 3.63) is 70.8 Å². The minimum absolute atomic E-state index is 0.430. The van der Waals surface area contributed by atoms with Crippen LogP contribution in [0.3, 0.4) is 0 Å². The SMILES string of the molecule is Cc1cc(N=C=Nc2cccc3ccccc23)cc(=O)o1. The van der Waals surface area contributed by atoms with E-state index in [0.29, 0.717) is 11.4 Å². The highest BCUT2D eigenvalue weighted by atomic mass is 16.4. The van der Waals surface area contributed by atoms with Crippen LogP contribution in [0, 0.1) is 6.92 Å². The standard InChI is InChI=1S/C17H12N2O2/c1-12-9-14(10-17(20)21-12)18-11-19-16-8-4-6-13-5-2-3-7-15(13)16/h2-10H,1H3. The zero-order valence-corrected chi connectivity index (χ0v) is 11.4. The molecule has 102 valence electrons. The van der Waals surface area contributed by atoms with Crippen LogP contribution in [0.5, 0.6) is 0 Å². The maximum absolute atomic E-state index is 11.2. The van der Waals surface area contributed by atoms with E-state index in [1.165, 1.54) is 6.07 Å². The fourth-order valence-corrected chi connectivity index (χ4v) is 2.10. The molecule has 0 saturated carbocycles. The molecule has 0 N–H and O–H groups in total. The van der Waals surface area contributed by atoms with E-state index in [2.05, 4.69) is 16.0 Å². The predicted octanol–water partition coefficient (Wildman–Crippen LogP) is 4.24. The first-order valence-corrected chi connectivity index (χ1v) is 6.48. The van der Waals surface area contributed by atoms with Crippen molar-refractivity contribution < 1.29 is 4.42 Å². The van der Waals surface area contributed by atoms with Crippen LogP contribution in [0.2, 0.25) is 0 Å².